The minimum Gasteiger partial charge on any atom is -0.546 e. The lowest BCUT2D eigenvalue weighted by Crippen LogP contribution is -2.29. The summed E-state index contributed by atoms with van der Waals surface area (Å²) in [4.78, 5) is 23.3. The molecule has 0 bridgehead atoms. The summed E-state index contributed by atoms with van der Waals surface area (Å²) >= 11 is 0. The van der Waals surface area contributed by atoms with Crippen LogP contribution in [0, 0.1) is 0 Å². The molecule has 6 nitrogen and oxygen atoms in total. The number of carboxylic acid groups (broad SMARTS) is 1. The maximum atomic E-state index is 12.7. The quantitative estimate of drug-likeness (QED) is 0.401. The fraction of sp³-hybridized carbons (Fsp3) is 0.167. The lowest BCUT2D eigenvalue weighted by Gasteiger charge is -2.12. The van der Waals surface area contributed by atoms with Gasteiger partial charge in [0.1, 0.15) is 12.4 Å². The summed E-state index contributed by atoms with van der Waals surface area (Å²) in [5.74, 6) is -0.412. The first kappa shape index (κ1) is 20.9. The van der Waals surface area contributed by atoms with Crippen LogP contribution in [0.2, 0.25) is 0 Å². The number of ether oxygens (including phenoxy) is 3. The molecule has 0 saturated carbocycles. The fourth-order valence-electron chi connectivity index (χ4n) is 3.06. The molecule has 0 aliphatic rings. The van der Waals surface area contributed by atoms with Gasteiger partial charge in [-0.05, 0) is 54.1 Å². The molecule has 0 spiro atoms. The summed E-state index contributed by atoms with van der Waals surface area (Å²) in [5, 5.41) is 12.6. The van der Waals surface area contributed by atoms with Crippen LogP contribution in [0.25, 0.3) is 16.8 Å². The molecule has 0 fully saturated rings. The molecule has 0 saturated heterocycles. The average Bonchev–Trinajstić information content (AvgIpc) is 2.76. The molecule has 0 aromatic heterocycles. The summed E-state index contributed by atoms with van der Waals surface area (Å²) in [6.45, 7) is 1.81. The van der Waals surface area contributed by atoms with Crippen molar-refractivity contribution in [2.75, 3.05) is 20.3 Å². The molecule has 0 radical (unpaired) electrons. The number of carbonyl (C=O) groups excluding carboxylic acids is 2. The smallest absolute Gasteiger partial charge is 0.185 e. The molecule has 3 aromatic rings. The minimum absolute atomic E-state index is 0.218. The van der Waals surface area contributed by atoms with Crippen molar-refractivity contribution >= 4 is 28.6 Å². The van der Waals surface area contributed by atoms with Gasteiger partial charge in [0, 0.05) is 11.1 Å². The Labute approximate surface area is 174 Å². The highest BCUT2D eigenvalue weighted by Crippen LogP contribution is 2.31. The van der Waals surface area contributed by atoms with Gasteiger partial charge < -0.3 is 24.1 Å². The largest absolute Gasteiger partial charge is 0.546 e. The number of hydrogen-bond donors (Lipinski definition) is 0. The number of fused-ring (bicyclic) bond motifs is 1. The zero-order chi connectivity index (χ0) is 21.5. The van der Waals surface area contributed by atoms with E-state index >= 15 is 0 Å². The minimum atomic E-state index is -1.35. The van der Waals surface area contributed by atoms with E-state index in [1.165, 1.54) is 25.3 Å². The lowest BCUT2D eigenvalue weighted by atomic mass is 10.0. The Bertz CT molecular complexity index is 1100. The van der Waals surface area contributed by atoms with Gasteiger partial charge in [-0.2, -0.15) is 0 Å². The van der Waals surface area contributed by atoms with Gasteiger partial charge in [-0.15, -0.1) is 0 Å². The van der Waals surface area contributed by atoms with E-state index in [-0.39, 0.29) is 17.3 Å². The van der Waals surface area contributed by atoms with Gasteiger partial charge in [-0.3, -0.25) is 4.79 Å². The molecule has 6 heteroatoms. The standard InChI is InChI=1S/C24H22O6/c1-3-29-21-12-8-16-6-4-5-7-18(16)19(21)10-11-20(25)17-9-13-22(23(14-17)28-2)30-15-24(26)27/h4-14H,3,15H2,1-2H3,(H,26,27)/p-1/b11-10+. The Kier molecular flexibility index (Phi) is 6.70. The highest BCUT2D eigenvalue weighted by Gasteiger charge is 2.11. The third-order valence-corrected chi connectivity index (χ3v) is 4.43. The first-order valence-corrected chi connectivity index (χ1v) is 9.41. The van der Waals surface area contributed by atoms with Gasteiger partial charge in [-0.1, -0.05) is 30.3 Å². The highest BCUT2D eigenvalue weighted by atomic mass is 16.5. The number of carbonyl (C=O) groups is 2. The van der Waals surface area contributed by atoms with Crippen LogP contribution < -0.4 is 19.3 Å². The van der Waals surface area contributed by atoms with Gasteiger partial charge in [0.15, 0.2) is 17.3 Å². The number of methoxy groups -OCH3 is 1. The van der Waals surface area contributed by atoms with E-state index in [0.29, 0.717) is 17.9 Å². The fourth-order valence-corrected chi connectivity index (χ4v) is 3.06. The predicted octanol–water partition coefficient (Wildman–Crippen LogP) is 3.27. The van der Waals surface area contributed by atoms with Crippen LogP contribution in [0.1, 0.15) is 22.8 Å². The lowest BCUT2D eigenvalue weighted by molar-refractivity contribution is -0.307. The second-order valence-corrected chi connectivity index (χ2v) is 6.36. The van der Waals surface area contributed by atoms with E-state index in [0.717, 1.165) is 16.3 Å². The second kappa shape index (κ2) is 9.60. The Morgan fingerprint density at radius 3 is 2.47 bits per heavy atom. The van der Waals surface area contributed by atoms with E-state index in [1.807, 2.05) is 43.3 Å². The normalized spacial score (nSPS) is 10.9. The molecular weight excluding hydrogens is 384 g/mol. The molecule has 0 unspecified atom stereocenters. The zero-order valence-corrected chi connectivity index (χ0v) is 16.7. The SMILES string of the molecule is CCOc1ccc2ccccc2c1/C=C/C(=O)c1ccc(OCC(=O)[O-])c(OC)c1. The number of aliphatic carboxylic acids is 1. The summed E-state index contributed by atoms with van der Waals surface area (Å²) in [6.07, 6.45) is 3.21. The molecule has 0 atom stereocenters. The molecule has 154 valence electrons. The monoisotopic (exact) mass is 405 g/mol. The first-order chi connectivity index (χ1) is 14.5. The van der Waals surface area contributed by atoms with Crippen LogP contribution in [-0.2, 0) is 4.79 Å². The molecule has 0 N–H and O–H groups in total. The summed E-state index contributed by atoms with van der Waals surface area (Å²) in [5.41, 5.74) is 1.20. The van der Waals surface area contributed by atoms with Gasteiger partial charge in [0.05, 0.1) is 19.7 Å². The van der Waals surface area contributed by atoms with E-state index in [1.54, 1.807) is 12.1 Å². The topological polar surface area (TPSA) is 84.9 Å². The average molecular weight is 405 g/mol. The Hall–Kier alpha value is -3.80. The first-order valence-electron chi connectivity index (χ1n) is 9.41. The molecule has 0 heterocycles. The van der Waals surface area contributed by atoms with Crippen LogP contribution in [0.3, 0.4) is 0 Å². The molecule has 3 rings (SSSR count). The number of ketones is 1. The van der Waals surface area contributed by atoms with E-state index < -0.39 is 12.6 Å². The van der Waals surface area contributed by atoms with E-state index in [4.69, 9.17) is 14.2 Å². The second-order valence-electron chi connectivity index (χ2n) is 6.36. The predicted molar refractivity (Wildman–Crippen MR) is 112 cm³/mol. The van der Waals surface area contributed by atoms with Gasteiger partial charge in [0.25, 0.3) is 0 Å². The van der Waals surface area contributed by atoms with Crippen LogP contribution in [-0.4, -0.2) is 32.1 Å². The molecular formula is C24H21O6-. The van der Waals surface area contributed by atoms with Crippen molar-refractivity contribution in [2.24, 2.45) is 0 Å². The molecule has 0 aliphatic heterocycles. The number of carboxylic acids is 1. The summed E-state index contributed by atoms with van der Waals surface area (Å²) in [6, 6.07) is 16.3. The van der Waals surface area contributed by atoms with Gasteiger partial charge in [0.2, 0.25) is 0 Å². The highest BCUT2D eigenvalue weighted by molar-refractivity contribution is 6.08. The Balaban J connectivity index is 1.90. The molecule has 30 heavy (non-hydrogen) atoms. The van der Waals surface area contributed by atoms with Crippen LogP contribution in [0.15, 0.2) is 60.7 Å². The third kappa shape index (κ3) is 4.78. The Morgan fingerprint density at radius 2 is 1.73 bits per heavy atom. The van der Waals surface area contributed by atoms with Crippen molar-refractivity contribution in [1.29, 1.82) is 0 Å². The Morgan fingerprint density at radius 1 is 0.967 bits per heavy atom. The summed E-state index contributed by atoms with van der Waals surface area (Å²) < 4.78 is 16.0. The number of hydrogen-bond acceptors (Lipinski definition) is 6. The third-order valence-electron chi connectivity index (χ3n) is 4.43. The van der Waals surface area contributed by atoms with Crippen molar-refractivity contribution in [1.82, 2.24) is 0 Å². The van der Waals surface area contributed by atoms with Crippen molar-refractivity contribution in [3.05, 3.63) is 71.8 Å². The van der Waals surface area contributed by atoms with E-state index in [9.17, 15) is 14.7 Å². The van der Waals surface area contributed by atoms with E-state index in [2.05, 4.69) is 0 Å². The van der Waals surface area contributed by atoms with Crippen LogP contribution in [0.4, 0.5) is 0 Å². The van der Waals surface area contributed by atoms with Crippen molar-refractivity contribution < 1.29 is 28.9 Å². The maximum absolute atomic E-state index is 12.7. The van der Waals surface area contributed by atoms with Crippen LogP contribution in [0.5, 0.6) is 17.2 Å². The van der Waals surface area contributed by atoms with Crippen molar-refractivity contribution in [2.45, 2.75) is 6.92 Å². The van der Waals surface area contributed by atoms with Crippen molar-refractivity contribution in [3.63, 3.8) is 0 Å². The van der Waals surface area contributed by atoms with Gasteiger partial charge >= 0.3 is 0 Å². The van der Waals surface area contributed by atoms with Gasteiger partial charge in [-0.25, -0.2) is 0 Å². The molecule has 0 amide bonds. The maximum Gasteiger partial charge on any atom is 0.185 e. The number of rotatable bonds is 9. The zero-order valence-electron chi connectivity index (χ0n) is 16.7. The van der Waals surface area contributed by atoms with Crippen LogP contribution >= 0.6 is 0 Å². The number of allylic oxidation sites excluding steroid dienone is 1. The molecule has 0 aliphatic carbocycles. The summed E-state index contributed by atoms with van der Waals surface area (Å²) in [7, 11) is 1.41. The van der Waals surface area contributed by atoms with Crippen molar-refractivity contribution in [3.8, 4) is 17.2 Å². The molecule has 3 aromatic carbocycles. The number of benzene rings is 3.